The molecule has 0 aliphatic carbocycles. The van der Waals surface area contributed by atoms with Crippen LogP contribution in [0.5, 0.6) is 11.5 Å². The highest BCUT2D eigenvalue weighted by Crippen LogP contribution is 2.32. The number of hydrogen-bond donors (Lipinski definition) is 3. The number of thiocarbonyl (C=S) groups is 1. The number of hydrazone groups is 1. The van der Waals surface area contributed by atoms with E-state index in [1.807, 2.05) is 29.5 Å². The third-order valence-electron chi connectivity index (χ3n) is 1.74. The normalized spacial score (nSPS) is 10.5. The lowest BCUT2D eigenvalue weighted by Gasteiger charge is -2.08. The lowest BCUT2D eigenvalue weighted by Crippen LogP contribution is -2.23. The molecule has 92 valence electrons. The molecule has 0 fully saturated rings. The Labute approximate surface area is 118 Å². The van der Waals surface area contributed by atoms with Crippen LogP contribution in [0.1, 0.15) is 12.5 Å². The fourth-order valence-electron chi connectivity index (χ4n) is 1.10. The van der Waals surface area contributed by atoms with Gasteiger partial charge in [-0.1, -0.05) is 0 Å². The predicted molar refractivity (Wildman–Crippen MR) is 79.5 cm³/mol. The van der Waals surface area contributed by atoms with Gasteiger partial charge < -0.3 is 15.6 Å². The Bertz CT molecular complexity index is 451. The van der Waals surface area contributed by atoms with E-state index in [9.17, 15) is 5.11 Å². The summed E-state index contributed by atoms with van der Waals surface area (Å²) < 4.78 is 5.98. The molecule has 0 unspecified atom stereocenters. The Kier molecular flexibility index (Phi) is 5.42. The third-order valence-corrected chi connectivity index (χ3v) is 2.65. The molecule has 5 nitrogen and oxygen atoms in total. The number of rotatable bonds is 4. The van der Waals surface area contributed by atoms with E-state index >= 15 is 0 Å². The Morgan fingerprint density at radius 1 is 1.71 bits per heavy atom. The summed E-state index contributed by atoms with van der Waals surface area (Å²) in [6, 6.07) is 3.45. The first-order chi connectivity index (χ1) is 8.04. The number of hydrogen-bond acceptors (Lipinski definition) is 4. The van der Waals surface area contributed by atoms with Crippen LogP contribution in [0.2, 0.25) is 0 Å². The van der Waals surface area contributed by atoms with Gasteiger partial charge in [0.15, 0.2) is 16.6 Å². The molecule has 1 aromatic rings. The van der Waals surface area contributed by atoms with Crippen LogP contribution < -0.4 is 15.9 Å². The highest BCUT2D eigenvalue weighted by Gasteiger charge is 2.07. The topological polar surface area (TPSA) is 79.9 Å². The molecule has 0 spiro atoms. The number of nitrogens with two attached hydrogens (primary N) is 1. The zero-order valence-corrected chi connectivity index (χ0v) is 12.1. The Hall–Kier alpha value is -1.09. The Morgan fingerprint density at radius 2 is 2.41 bits per heavy atom. The van der Waals surface area contributed by atoms with Crippen molar-refractivity contribution < 1.29 is 9.84 Å². The number of aromatic hydroxyl groups is 1. The average Bonchev–Trinajstić information content (AvgIpc) is 2.25. The summed E-state index contributed by atoms with van der Waals surface area (Å²) in [4.78, 5) is 0. The smallest absolute Gasteiger partial charge is 0.184 e. The molecule has 0 bridgehead atoms. The first kappa shape index (κ1) is 14.0. The van der Waals surface area contributed by atoms with Crippen molar-refractivity contribution in [2.45, 2.75) is 6.92 Å². The molecular weight excluding hydrogens is 353 g/mol. The van der Waals surface area contributed by atoms with Crippen LogP contribution in [0.4, 0.5) is 0 Å². The van der Waals surface area contributed by atoms with Crippen molar-refractivity contribution in [3.8, 4) is 11.5 Å². The summed E-state index contributed by atoms with van der Waals surface area (Å²) >= 11 is 6.63. The number of benzene rings is 1. The van der Waals surface area contributed by atoms with E-state index in [4.69, 9.17) is 10.5 Å². The van der Waals surface area contributed by atoms with Gasteiger partial charge in [-0.15, -0.1) is 0 Å². The van der Waals surface area contributed by atoms with Crippen LogP contribution in [-0.2, 0) is 0 Å². The lowest BCUT2D eigenvalue weighted by molar-refractivity contribution is 0.317. The van der Waals surface area contributed by atoms with Crippen LogP contribution in [-0.4, -0.2) is 23.0 Å². The Morgan fingerprint density at radius 3 is 3.00 bits per heavy atom. The maximum absolute atomic E-state index is 9.73. The van der Waals surface area contributed by atoms with Gasteiger partial charge >= 0.3 is 0 Å². The maximum Gasteiger partial charge on any atom is 0.184 e. The van der Waals surface area contributed by atoms with E-state index < -0.39 is 0 Å². The first-order valence-electron chi connectivity index (χ1n) is 4.78. The second-order valence-electron chi connectivity index (χ2n) is 3.02. The number of phenols is 1. The minimum absolute atomic E-state index is 0.0970. The summed E-state index contributed by atoms with van der Waals surface area (Å²) in [5, 5.41) is 13.7. The van der Waals surface area contributed by atoms with Gasteiger partial charge in [0, 0.05) is 0 Å². The fraction of sp³-hybridized carbons (Fsp3) is 0.200. The maximum atomic E-state index is 9.73. The molecule has 1 aromatic carbocycles. The fourth-order valence-corrected chi connectivity index (χ4v) is 1.78. The second-order valence-corrected chi connectivity index (χ2v) is 4.62. The van der Waals surface area contributed by atoms with Crippen LogP contribution in [0.3, 0.4) is 0 Å². The SMILES string of the molecule is CCOc1cc(C=NNC(N)=S)cc(I)c1O. The molecule has 0 aromatic heterocycles. The summed E-state index contributed by atoms with van der Waals surface area (Å²) in [5.41, 5.74) is 8.46. The molecule has 4 N–H and O–H groups in total. The summed E-state index contributed by atoms with van der Waals surface area (Å²) in [6.07, 6.45) is 1.54. The van der Waals surface area contributed by atoms with Gasteiger partial charge in [-0.05, 0) is 59.4 Å². The predicted octanol–water partition coefficient (Wildman–Crippen LogP) is 1.56. The van der Waals surface area contributed by atoms with Crippen molar-refractivity contribution in [1.82, 2.24) is 5.43 Å². The van der Waals surface area contributed by atoms with E-state index in [1.54, 1.807) is 18.3 Å². The quantitative estimate of drug-likeness (QED) is 0.327. The number of halogens is 1. The van der Waals surface area contributed by atoms with Gasteiger partial charge in [0.1, 0.15) is 0 Å². The standard InChI is InChI=1S/C10H12IN3O2S/c1-2-16-8-4-6(3-7(11)9(8)15)5-13-14-10(12)17/h3-5,15H,2H2,1H3,(H3,12,14,17). The van der Waals surface area contributed by atoms with Gasteiger partial charge in [-0.2, -0.15) is 5.10 Å². The third kappa shape index (κ3) is 4.35. The number of nitrogens with one attached hydrogen (secondary N) is 1. The second kappa shape index (κ2) is 6.60. The van der Waals surface area contributed by atoms with E-state index in [0.717, 1.165) is 5.56 Å². The minimum Gasteiger partial charge on any atom is -0.504 e. The van der Waals surface area contributed by atoms with Gasteiger partial charge in [0.25, 0.3) is 0 Å². The van der Waals surface area contributed by atoms with Gasteiger partial charge in [-0.25, -0.2) is 0 Å². The molecule has 0 saturated heterocycles. The summed E-state index contributed by atoms with van der Waals surface area (Å²) in [6.45, 7) is 2.33. The molecule has 0 saturated carbocycles. The summed E-state index contributed by atoms with van der Waals surface area (Å²) in [5.74, 6) is 0.558. The van der Waals surface area contributed by atoms with Crippen molar-refractivity contribution in [2.24, 2.45) is 10.8 Å². The largest absolute Gasteiger partial charge is 0.504 e. The van der Waals surface area contributed by atoms with Crippen molar-refractivity contribution in [2.75, 3.05) is 6.61 Å². The highest BCUT2D eigenvalue weighted by molar-refractivity contribution is 14.1. The highest BCUT2D eigenvalue weighted by atomic mass is 127. The van der Waals surface area contributed by atoms with E-state index in [1.165, 1.54) is 0 Å². The minimum atomic E-state index is 0.0970. The number of ether oxygens (including phenoxy) is 1. The molecule has 0 amide bonds. The molecule has 7 heteroatoms. The van der Waals surface area contributed by atoms with E-state index in [2.05, 4.69) is 22.7 Å². The van der Waals surface area contributed by atoms with E-state index in [0.29, 0.717) is 15.9 Å². The monoisotopic (exact) mass is 365 g/mol. The zero-order chi connectivity index (χ0) is 12.8. The molecule has 0 radical (unpaired) electrons. The molecular formula is C10H12IN3O2S. The van der Waals surface area contributed by atoms with Gasteiger partial charge in [0.05, 0.1) is 16.4 Å². The van der Waals surface area contributed by atoms with Gasteiger partial charge in [-0.3, -0.25) is 5.43 Å². The van der Waals surface area contributed by atoms with E-state index in [-0.39, 0.29) is 10.9 Å². The van der Waals surface area contributed by atoms with Crippen LogP contribution in [0, 0.1) is 3.57 Å². The first-order valence-corrected chi connectivity index (χ1v) is 6.27. The van der Waals surface area contributed by atoms with Crippen molar-refractivity contribution in [3.05, 3.63) is 21.3 Å². The molecule has 0 aliphatic rings. The molecule has 1 rings (SSSR count). The van der Waals surface area contributed by atoms with Crippen molar-refractivity contribution in [3.63, 3.8) is 0 Å². The average molecular weight is 365 g/mol. The van der Waals surface area contributed by atoms with Crippen molar-refractivity contribution >= 4 is 46.1 Å². The molecule has 17 heavy (non-hydrogen) atoms. The Balaban J connectivity index is 2.93. The van der Waals surface area contributed by atoms with Gasteiger partial charge in [0.2, 0.25) is 0 Å². The van der Waals surface area contributed by atoms with Crippen LogP contribution in [0.25, 0.3) is 0 Å². The summed E-state index contributed by atoms with van der Waals surface area (Å²) in [7, 11) is 0. The molecule has 0 atom stereocenters. The molecule has 0 heterocycles. The van der Waals surface area contributed by atoms with Crippen molar-refractivity contribution in [1.29, 1.82) is 0 Å². The number of nitrogens with zero attached hydrogens (tertiary/aromatic N) is 1. The lowest BCUT2D eigenvalue weighted by atomic mass is 10.2. The number of phenolic OH excluding ortho intramolecular Hbond substituents is 1. The molecule has 0 aliphatic heterocycles. The zero-order valence-electron chi connectivity index (χ0n) is 9.11. The van der Waals surface area contributed by atoms with Crippen LogP contribution >= 0.6 is 34.8 Å². The van der Waals surface area contributed by atoms with Crippen LogP contribution in [0.15, 0.2) is 17.2 Å².